The van der Waals surface area contributed by atoms with Crippen molar-refractivity contribution in [1.29, 1.82) is 0 Å². The number of nitrogen functional groups attached to an aromatic ring is 1. The van der Waals surface area contributed by atoms with Crippen LogP contribution in [0, 0.1) is 0 Å². The standard InChI is InChI=1S/C14H19ClN5O5P/c1-7(2)24-26(21)22-4-8-10(25-26)14(3,15)13(23-8)20-6-19-9-11(16)17-5-18-12(9)20/h5-8,10,13H,4H2,1-3H3,(H2,16,17,18)/t8-,10-,13-,14-,26-/m1/s1. The molecule has 0 amide bonds. The Balaban J connectivity index is 1.68. The van der Waals surface area contributed by atoms with Gasteiger partial charge in [-0.15, -0.1) is 11.6 Å². The maximum atomic E-state index is 12.7. The van der Waals surface area contributed by atoms with E-state index < -0.39 is 31.1 Å². The summed E-state index contributed by atoms with van der Waals surface area (Å²) in [6.07, 6.45) is 0.639. The molecule has 2 N–H and O–H groups in total. The summed E-state index contributed by atoms with van der Waals surface area (Å²) in [6, 6.07) is 0. The SMILES string of the molecule is CC(C)O[P@@]1(=O)OC[C@H]2O[C@@H](n3cnc4c(N)ncnc43)[C@](C)(Cl)[C@@H]2O1. The summed E-state index contributed by atoms with van der Waals surface area (Å²) < 4.78 is 36.7. The molecule has 12 heteroatoms. The van der Waals surface area contributed by atoms with Crippen LogP contribution in [0.1, 0.15) is 27.0 Å². The van der Waals surface area contributed by atoms with E-state index in [9.17, 15) is 4.57 Å². The van der Waals surface area contributed by atoms with Crippen LogP contribution in [0.3, 0.4) is 0 Å². The van der Waals surface area contributed by atoms with Crippen molar-refractivity contribution in [2.24, 2.45) is 0 Å². The number of hydrogen-bond acceptors (Lipinski definition) is 9. The van der Waals surface area contributed by atoms with Crippen LogP contribution in [-0.4, -0.2) is 49.3 Å². The molecule has 0 spiro atoms. The minimum absolute atomic E-state index is 0.0389. The summed E-state index contributed by atoms with van der Waals surface area (Å²) in [5, 5.41) is 0. The molecule has 0 aromatic carbocycles. The maximum absolute atomic E-state index is 12.7. The van der Waals surface area contributed by atoms with E-state index in [1.165, 1.54) is 12.7 Å². The molecule has 2 aliphatic heterocycles. The van der Waals surface area contributed by atoms with Gasteiger partial charge in [0.2, 0.25) is 0 Å². The van der Waals surface area contributed by atoms with Gasteiger partial charge in [-0.1, -0.05) is 0 Å². The monoisotopic (exact) mass is 403 g/mol. The number of imidazole rings is 1. The average molecular weight is 404 g/mol. The fourth-order valence-corrected chi connectivity index (χ4v) is 5.25. The van der Waals surface area contributed by atoms with E-state index in [0.29, 0.717) is 11.2 Å². The van der Waals surface area contributed by atoms with E-state index in [2.05, 4.69) is 15.0 Å². The first-order valence-electron chi connectivity index (χ1n) is 8.10. The third-order valence-electron chi connectivity index (χ3n) is 4.30. The molecule has 26 heavy (non-hydrogen) atoms. The number of fused-ring (bicyclic) bond motifs is 2. The van der Waals surface area contributed by atoms with E-state index in [1.807, 2.05) is 0 Å². The van der Waals surface area contributed by atoms with Gasteiger partial charge in [0, 0.05) is 0 Å². The van der Waals surface area contributed by atoms with Gasteiger partial charge in [0.25, 0.3) is 0 Å². The normalized spacial score (nSPS) is 37.3. The largest absolute Gasteiger partial charge is 0.475 e. The first-order chi connectivity index (χ1) is 12.2. The molecular weight excluding hydrogens is 385 g/mol. The van der Waals surface area contributed by atoms with Gasteiger partial charge < -0.3 is 10.5 Å². The van der Waals surface area contributed by atoms with E-state index in [1.54, 1.807) is 25.3 Å². The third kappa shape index (κ3) is 2.81. The number of aromatic nitrogens is 4. The Bertz CT molecular complexity index is 890. The second kappa shape index (κ2) is 6.12. The van der Waals surface area contributed by atoms with E-state index in [-0.39, 0.29) is 18.5 Å². The zero-order valence-electron chi connectivity index (χ0n) is 14.4. The second-order valence-corrected chi connectivity index (χ2v) is 9.07. The highest BCUT2D eigenvalue weighted by Crippen LogP contribution is 2.60. The molecular formula is C14H19ClN5O5P. The Morgan fingerprint density at radius 3 is 2.96 bits per heavy atom. The first-order valence-corrected chi connectivity index (χ1v) is 9.94. The van der Waals surface area contributed by atoms with Crippen LogP contribution < -0.4 is 5.73 Å². The number of phosphoric ester groups is 1. The number of anilines is 1. The van der Waals surface area contributed by atoms with Gasteiger partial charge >= 0.3 is 7.82 Å². The van der Waals surface area contributed by atoms with Crippen LogP contribution in [0.15, 0.2) is 12.7 Å². The Labute approximate surface area is 154 Å². The summed E-state index contributed by atoms with van der Waals surface area (Å²) in [6.45, 7) is 5.27. The zero-order chi connectivity index (χ0) is 18.7. The molecule has 2 aromatic rings. The van der Waals surface area contributed by atoms with E-state index >= 15 is 0 Å². The zero-order valence-corrected chi connectivity index (χ0v) is 16.1. The third-order valence-corrected chi connectivity index (χ3v) is 6.33. The number of phosphoric acid groups is 1. The first kappa shape index (κ1) is 18.1. The number of hydrogen-bond donors (Lipinski definition) is 1. The van der Waals surface area contributed by atoms with Crippen LogP contribution in [0.4, 0.5) is 5.82 Å². The number of halogens is 1. The lowest BCUT2D eigenvalue weighted by Crippen LogP contribution is -2.44. The van der Waals surface area contributed by atoms with Crippen molar-refractivity contribution < 1.29 is 22.9 Å². The van der Waals surface area contributed by atoms with Crippen LogP contribution >= 0.6 is 19.4 Å². The molecule has 4 heterocycles. The van der Waals surface area contributed by atoms with E-state index in [4.69, 9.17) is 35.6 Å². The van der Waals surface area contributed by atoms with Crippen LogP contribution in [0.25, 0.3) is 11.2 Å². The minimum Gasteiger partial charge on any atom is -0.382 e. The van der Waals surface area contributed by atoms with Gasteiger partial charge in [-0.25, -0.2) is 19.5 Å². The highest BCUT2D eigenvalue weighted by atomic mass is 35.5. The van der Waals surface area contributed by atoms with Crippen molar-refractivity contribution in [3.05, 3.63) is 12.7 Å². The molecule has 142 valence electrons. The van der Waals surface area contributed by atoms with Crippen molar-refractivity contribution >= 4 is 36.4 Å². The average Bonchev–Trinajstić information content (AvgIpc) is 3.07. The van der Waals surface area contributed by atoms with Gasteiger partial charge in [0.15, 0.2) is 17.7 Å². The predicted molar refractivity (Wildman–Crippen MR) is 92.6 cm³/mol. The molecule has 0 bridgehead atoms. The smallest absolute Gasteiger partial charge is 0.382 e. The summed E-state index contributed by atoms with van der Waals surface area (Å²) in [7, 11) is -3.71. The molecule has 2 aliphatic rings. The molecule has 0 radical (unpaired) electrons. The predicted octanol–water partition coefficient (Wildman–Crippen LogP) is 2.25. The summed E-state index contributed by atoms with van der Waals surface area (Å²) in [5.41, 5.74) is 6.77. The van der Waals surface area contributed by atoms with Crippen molar-refractivity contribution in [3.63, 3.8) is 0 Å². The highest BCUT2D eigenvalue weighted by molar-refractivity contribution is 7.48. The molecule has 4 rings (SSSR count). The fourth-order valence-electron chi connectivity index (χ4n) is 3.20. The number of nitrogens with two attached hydrogens (primary N) is 1. The van der Waals surface area contributed by atoms with Gasteiger partial charge in [0.05, 0.1) is 19.0 Å². The van der Waals surface area contributed by atoms with Crippen molar-refractivity contribution in [2.75, 3.05) is 12.3 Å². The number of alkyl halides is 1. The lowest BCUT2D eigenvalue weighted by Gasteiger charge is -2.35. The number of rotatable bonds is 3. The minimum atomic E-state index is -3.71. The molecule has 10 nitrogen and oxygen atoms in total. The summed E-state index contributed by atoms with van der Waals surface area (Å²) >= 11 is 6.80. The molecule has 0 unspecified atom stereocenters. The second-order valence-electron chi connectivity index (χ2n) is 6.68. The molecule has 0 saturated carbocycles. The molecule has 2 aromatic heterocycles. The Kier molecular flexibility index (Phi) is 4.26. The van der Waals surface area contributed by atoms with Crippen molar-refractivity contribution in [2.45, 2.75) is 50.2 Å². The topological polar surface area (TPSA) is 124 Å². The number of ether oxygens (including phenoxy) is 1. The maximum Gasteiger partial charge on any atom is 0.475 e. The van der Waals surface area contributed by atoms with Crippen molar-refractivity contribution in [3.8, 4) is 0 Å². The highest BCUT2D eigenvalue weighted by Gasteiger charge is 2.60. The van der Waals surface area contributed by atoms with Gasteiger partial charge in [-0.05, 0) is 20.8 Å². The summed E-state index contributed by atoms with van der Waals surface area (Å²) in [4.78, 5) is 11.3. The molecule has 5 atom stereocenters. The van der Waals surface area contributed by atoms with Gasteiger partial charge in [0.1, 0.15) is 28.9 Å². The number of nitrogens with zero attached hydrogens (tertiary/aromatic N) is 4. The molecule has 0 aliphatic carbocycles. The van der Waals surface area contributed by atoms with Gasteiger partial charge in [-0.3, -0.25) is 18.1 Å². The Morgan fingerprint density at radius 1 is 1.46 bits per heavy atom. The van der Waals surface area contributed by atoms with Crippen LogP contribution in [0.2, 0.25) is 0 Å². The van der Waals surface area contributed by atoms with E-state index in [0.717, 1.165) is 0 Å². The molecule has 2 saturated heterocycles. The van der Waals surface area contributed by atoms with Crippen molar-refractivity contribution in [1.82, 2.24) is 19.5 Å². The lowest BCUT2D eigenvalue weighted by molar-refractivity contribution is -0.0733. The lowest BCUT2D eigenvalue weighted by atomic mass is 10.0. The van der Waals surface area contributed by atoms with Crippen LogP contribution in [-0.2, 0) is 22.9 Å². The van der Waals surface area contributed by atoms with Crippen LogP contribution in [0.5, 0.6) is 0 Å². The van der Waals surface area contributed by atoms with Gasteiger partial charge in [-0.2, -0.15) is 0 Å². The fraction of sp³-hybridized carbons (Fsp3) is 0.643. The quantitative estimate of drug-likeness (QED) is 0.606. The Hall–Kier alpha value is -1.29. The Morgan fingerprint density at radius 2 is 2.23 bits per heavy atom. The summed E-state index contributed by atoms with van der Waals surface area (Å²) in [5.74, 6) is 0.259. The molecule has 2 fully saturated rings.